The van der Waals surface area contributed by atoms with Gasteiger partial charge in [0.1, 0.15) is 0 Å². The number of nitrogens with one attached hydrogen (secondary N) is 2. The number of carbonyl (C=O) groups is 2. The fraction of sp³-hybridized carbons (Fsp3) is 0.818. The second kappa shape index (κ2) is 7.88. The van der Waals surface area contributed by atoms with Gasteiger partial charge in [0.15, 0.2) is 6.10 Å². The van der Waals surface area contributed by atoms with Crippen LogP contribution in [0.4, 0.5) is 4.79 Å². The van der Waals surface area contributed by atoms with Crippen LogP contribution in [0.1, 0.15) is 12.8 Å². The van der Waals surface area contributed by atoms with E-state index in [1.807, 2.05) is 0 Å². The van der Waals surface area contributed by atoms with Gasteiger partial charge in [0.25, 0.3) is 0 Å². The number of carbonyl (C=O) groups excluding carboxylic acids is 1. The minimum absolute atomic E-state index is 0.0567. The van der Waals surface area contributed by atoms with Crippen LogP contribution in [0.3, 0.4) is 0 Å². The van der Waals surface area contributed by atoms with E-state index in [1.165, 1.54) is 7.11 Å². The minimum atomic E-state index is -1.10. The van der Waals surface area contributed by atoms with Gasteiger partial charge in [-0.05, 0) is 18.8 Å². The number of urea groups is 1. The predicted molar refractivity (Wildman–Crippen MR) is 63.4 cm³/mol. The number of rotatable bonds is 6. The molecule has 2 atom stereocenters. The molecule has 0 aromatic carbocycles. The molecule has 0 spiro atoms. The van der Waals surface area contributed by atoms with Crippen LogP contribution < -0.4 is 10.6 Å². The van der Waals surface area contributed by atoms with Gasteiger partial charge in [0.05, 0.1) is 13.2 Å². The Bertz CT molecular complexity index is 279. The maximum Gasteiger partial charge on any atom is 0.334 e. The molecular weight excluding hydrogens is 240 g/mol. The SMILES string of the molecule is COC(CNC(=O)NCC1CCCOC1)C(=O)O. The molecule has 1 heterocycles. The summed E-state index contributed by atoms with van der Waals surface area (Å²) in [5.74, 6) is -0.763. The van der Waals surface area contributed by atoms with E-state index in [2.05, 4.69) is 10.6 Å². The first-order chi connectivity index (χ1) is 8.63. The fourth-order valence-electron chi connectivity index (χ4n) is 1.72. The van der Waals surface area contributed by atoms with Crippen molar-refractivity contribution in [3.05, 3.63) is 0 Å². The Balaban J connectivity index is 2.14. The zero-order chi connectivity index (χ0) is 13.4. The standard InChI is InChI=1S/C11H20N2O5/c1-17-9(10(14)15)6-13-11(16)12-5-8-3-2-4-18-7-8/h8-9H,2-7H2,1H3,(H,14,15)(H2,12,13,16). The monoisotopic (exact) mass is 260 g/mol. The third-order valence-corrected chi connectivity index (χ3v) is 2.81. The number of hydrogen-bond donors (Lipinski definition) is 3. The summed E-state index contributed by atoms with van der Waals surface area (Å²) in [6.45, 7) is 1.93. The predicted octanol–water partition coefficient (Wildman–Crippen LogP) is -0.188. The van der Waals surface area contributed by atoms with E-state index in [0.717, 1.165) is 19.4 Å². The lowest BCUT2D eigenvalue weighted by Gasteiger charge is -2.22. The Morgan fingerprint density at radius 2 is 2.28 bits per heavy atom. The van der Waals surface area contributed by atoms with E-state index < -0.39 is 12.1 Å². The number of carboxylic acid groups (broad SMARTS) is 1. The number of hydrogen-bond acceptors (Lipinski definition) is 4. The summed E-state index contributed by atoms with van der Waals surface area (Å²) in [5.41, 5.74) is 0. The van der Waals surface area contributed by atoms with Crippen LogP contribution in [0.5, 0.6) is 0 Å². The van der Waals surface area contributed by atoms with Gasteiger partial charge in [0, 0.05) is 20.3 Å². The number of methoxy groups -OCH3 is 1. The average molecular weight is 260 g/mol. The normalized spacial score (nSPS) is 21.1. The van der Waals surface area contributed by atoms with Crippen LogP contribution in [0, 0.1) is 5.92 Å². The first kappa shape index (κ1) is 14.7. The molecular formula is C11H20N2O5. The van der Waals surface area contributed by atoms with Crippen LogP contribution in [0.15, 0.2) is 0 Å². The zero-order valence-corrected chi connectivity index (χ0v) is 10.5. The molecule has 2 amide bonds. The van der Waals surface area contributed by atoms with Crippen LogP contribution in [0.2, 0.25) is 0 Å². The third kappa shape index (κ3) is 5.33. The van der Waals surface area contributed by atoms with Crippen LogP contribution in [-0.4, -0.2) is 56.6 Å². The molecule has 0 aliphatic carbocycles. The van der Waals surface area contributed by atoms with Crippen molar-refractivity contribution in [2.24, 2.45) is 5.92 Å². The Morgan fingerprint density at radius 3 is 2.83 bits per heavy atom. The van der Waals surface area contributed by atoms with Crippen molar-refractivity contribution in [3.8, 4) is 0 Å². The van der Waals surface area contributed by atoms with Gasteiger partial charge in [0.2, 0.25) is 0 Å². The smallest absolute Gasteiger partial charge is 0.334 e. The molecule has 0 aromatic heterocycles. The number of ether oxygens (including phenoxy) is 2. The maximum atomic E-state index is 11.4. The van der Waals surface area contributed by atoms with Crippen molar-refractivity contribution in [1.29, 1.82) is 0 Å². The molecule has 3 N–H and O–H groups in total. The summed E-state index contributed by atoms with van der Waals surface area (Å²) in [6, 6.07) is -0.385. The summed E-state index contributed by atoms with van der Waals surface area (Å²) in [6.07, 6.45) is 1.03. The first-order valence-electron chi connectivity index (χ1n) is 5.98. The molecule has 1 aliphatic heterocycles. The van der Waals surface area contributed by atoms with Gasteiger partial charge < -0.3 is 25.2 Å². The zero-order valence-electron chi connectivity index (χ0n) is 10.5. The lowest BCUT2D eigenvalue weighted by atomic mass is 10.0. The van der Waals surface area contributed by atoms with Gasteiger partial charge in [-0.3, -0.25) is 0 Å². The number of carboxylic acids is 1. The van der Waals surface area contributed by atoms with E-state index in [4.69, 9.17) is 14.6 Å². The van der Waals surface area contributed by atoms with Gasteiger partial charge in [-0.15, -0.1) is 0 Å². The van der Waals surface area contributed by atoms with Crippen molar-refractivity contribution >= 4 is 12.0 Å². The van der Waals surface area contributed by atoms with Gasteiger partial charge in [-0.25, -0.2) is 9.59 Å². The molecule has 1 rings (SSSR count). The summed E-state index contributed by atoms with van der Waals surface area (Å²) in [4.78, 5) is 22.1. The molecule has 1 aliphatic rings. The third-order valence-electron chi connectivity index (χ3n) is 2.81. The topological polar surface area (TPSA) is 96.9 Å². The average Bonchev–Trinajstić information content (AvgIpc) is 2.38. The Hall–Kier alpha value is -1.34. The highest BCUT2D eigenvalue weighted by atomic mass is 16.5. The molecule has 1 fully saturated rings. The Labute approximate surface area is 106 Å². The summed E-state index contributed by atoms with van der Waals surface area (Å²) < 4.78 is 9.99. The first-order valence-corrected chi connectivity index (χ1v) is 5.98. The van der Waals surface area contributed by atoms with Crippen molar-refractivity contribution < 1.29 is 24.2 Å². The van der Waals surface area contributed by atoms with Crippen molar-refractivity contribution in [3.63, 3.8) is 0 Å². The van der Waals surface area contributed by atoms with Crippen LogP contribution in [0.25, 0.3) is 0 Å². The summed E-state index contributed by atoms with van der Waals surface area (Å²) in [7, 11) is 1.29. The molecule has 7 nitrogen and oxygen atoms in total. The highest BCUT2D eigenvalue weighted by Gasteiger charge is 2.18. The molecule has 18 heavy (non-hydrogen) atoms. The minimum Gasteiger partial charge on any atom is -0.479 e. The van der Waals surface area contributed by atoms with E-state index in [-0.39, 0.29) is 12.6 Å². The Kier molecular flexibility index (Phi) is 6.45. The van der Waals surface area contributed by atoms with E-state index in [9.17, 15) is 9.59 Å². The maximum absolute atomic E-state index is 11.4. The lowest BCUT2D eigenvalue weighted by Crippen LogP contribution is -2.44. The van der Waals surface area contributed by atoms with Crippen LogP contribution >= 0.6 is 0 Å². The highest BCUT2D eigenvalue weighted by Crippen LogP contribution is 2.11. The molecule has 7 heteroatoms. The van der Waals surface area contributed by atoms with Crippen LogP contribution in [-0.2, 0) is 14.3 Å². The number of amides is 2. The van der Waals surface area contributed by atoms with Gasteiger partial charge >= 0.3 is 12.0 Å². The molecule has 2 unspecified atom stereocenters. The fourth-order valence-corrected chi connectivity index (χ4v) is 1.72. The lowest BCUT2D eigenvalue weighted by molar-refractivity contribution is -0.147. The second-order valence-corrected chi connectivity index (χ2v) is 4.24. The highest BCUT2D eigenvalue weighted by molar-refractivity contribution is 5.76. The van der Waals surface area contributed by atoms with Crippen molar-refractivity contribution in [1.82, 2.24) is 10.6 Å². The molecule has 104 valence electrons. The molecule has 0 aromatic rings. The largest absolute Gasteiger partial charge is 0.479 e. The summed E-state index contributed by atoms with van der Waals surface area (Å²) in [5, 5.41) is 13.9. The molecule has 1 saturated heterocycles. The van der Waals surface area contributed by atoms with Gasteiger partial charge in [-0.1, -0.05) is 0 Å². The molecule has 0 saturated carbocycles. The Morgan fingerprint density at radius 1 is 1.50 bits per heavy atom. The number of aliphatic carboxylic acids is 1. The summed E-state index contributed by atoms with van der Waals surface area (Å²) >= 11 is 0. The second-order valence-electron chi connectivity index (χ2n) is 4.24. The van der Waals surface area contributed by atoms with E-state index in [1.54, 1.807) is 0 Å². The molecule has 0 radical (unpaired) electrons. The van der Waals surface area contributed by atoms with Gasteiger partial charge in [-0.2, -0.15) is 0 Å². The molecule has 0 bridgehead atoms. The van der Waals surface area contributed by atoms with E-state index in [0.29, 0.717) is 19.1 Å². The van der Waals surface area contributed by atoms with E-state index >= 15 is 0 Å². The van der Waals surface area contributed by atoms with Crippen molar-refractivity contribution in [2.45, 2.75) is 18.9 Å². The quantitative estimate of drug-likeness (QED) is 0.615. The van der Waals surface area contributed by atoms with Crippen molar-refractivity contribution in [2.75, 3.05) is 33.4 Å².